The number of Topliss-reactive ketones (excluding diaryl/α,β-unsaturated/α-hetero) is 1. The van der Waals surface area contributed by atoms with Crippen LogP contribution in [-0.2, 0) is 7.05 Å². The molecule has 0 aromatic carbocycles. The van der Waals surface area contributed by atoms with Crippen molar-refractivity contribution in [3.8, 4) is 0 Å². The Morgan fingerprint density at radius 2 is 2.43 bits per heavy atom. The lowest BCUT2D eigenvalue weighted by atomic mass is 9.98. The zero-order chi connectivity index (χ0) is 10.6. The topological polar surface area (TPSA) is 60.9 Å². The van der Waals surface area contributed by atoms with Gasteiger partial charge in [-0.25, -0.2) is 0 Å². The van der Waals surface area contributed by atoms with E-state index in [2.05, 4.69) is 5.10 Å². The Morgan fingerprint density at radius 1 is 1.71 bits per heavy atom. The number of hydrogen-bond acceptors (Lipinski definition) is 3. The Hall–Kier alpha value is -1.16. The minimum absolute atomic E-state index is 0.127. The van der Waals surface area contributed by atoms with Gasteiger partial charge in [-0.05, 0) is 18.5 Å². The molecule has 14 heavy (non-hydrogen) atoms. The van der Waals surface area contributed by atoms with Crippen LogP contribution < -0.4 is 5.73 Å². The summed E-state index contributed by atoms with van der Waals surface area (Å²) in [5.41, 5.74) is 6.21. The fourth-order valence-corrected chi connectivity index (χ4v) is 1.41. The maximum absolute atomic E-state index is 11.7. The van der Waals surface area contributed by atoms with Gasteiger partial charge in [0.25, 0.3) is 0 Å². The zero-order valence-corrected chi connectivity index (χ0v) is 8.73. The van der Waals surface area contributed by atoms with Crippen LogP contribution in [0.4, 0.5) is 0 Å². The Labute approximate surface area is 84.1 Å². The van der Waals surface area contributed by atoms with Crippen molar-refractivity contribution in [2.75, 3.05) is 6.54 Å². The molecule has 1 aromatic rings. The fraction of sp³-hybridized carbons (Fsp3) is 0.600. The van der Waals surface area contributed by atoms with Crippen LogP contribution in [0.15, 0.2) is 12.3 Å². The zero-order valence-electron chi connectivity index (χ0n) is 8.73. The average Bonchev–Trinajstić information content (AvgIpc) is 2.60. The smallest absolute Gasteiger partial charge is 0.181 e. The van der Waals surface area contributed by atoms with Gasteiger partial charge < -0.3 is 5.73 Å². The minimum atomic E-state index is 0.127. The van der Waals surface area contributed by atoms with Gasteiger partial charge in [0, 0.05) is 19.7 Å². The first kappa shape index (κ1) is 10.9. The molecule has 0 fully saturated rings. The van der Waals surface area contributed by atoms with Crippen molar-refractivity contribution in [2.24, 2.45) is 18.7 Å². The molecule has 2 N–H and O–H groups in total. The van der Waals surface area contributed by atoms with Crippen molar-refractivity contribution in [1.29, 1.82) is 0 Å². The highest BCUT2D eigenvalue weighted by molar-refractivity contribution is 5.94. The van der Waals surface area contributed by atoms with E-state index < -0.39 is 0 Å². The number of rotatable bonds is 5. The molecule has 1 heterocycles. The predicted molar refractivity (Wildman–Crippen MR) is 55.0 cm³/mol. The summed E-state index contributed by atoms with van der Waals surface area (Å²) in [5, 5.41) is 3.96. The van der Waals surface area contributed by atoms with Crippen molar-refractivity contribution in [3.05, 3.63) is 18.0 Å². The fourth-order valence-electron chi connectivity index (χ4n) is 1.41. The van der Waals surface area contributed by atoms with Crippen molar-refractivity contribution < 1.29 is 4.79 Å². The van der Waals surface area contributed by atoms with Gasteiger partial charge in [0.1, 0.15) is 5.69 Å². The highest BCUT2D eigenvalue weighted by atomic mass is 16.1. The van der Waals surface area contributed by atoms with Crippen LogP contribution in [0.5, 0.6) is 0 Å². The van der Waals surface area contributed by atoms with E-state index in [1.807, 2.05) is 6.92 Å². The Balaban J connectivity index is 2.63. The molecule has 0 amide bonds. The summed E-state index contributed by atoms with van der Waals surface area (Å²) in [6, 6.07) is 1.74. The number of hydrogen-bond donors (Lipinski definition) is 1. The van der Waals surface area contributed by atoms with E-state index in [9.17, 15) is 4.79 Å². The van der Waals surface area contributed by atoms with Crippen LogP contribution in [0.1, 0.15) is 30.3 Å². The maximum atomic E-state index is 11.7. The maximum Gasteiger partial charge on any atom is 0.181 e. The predicted octanol–water partition coefficient (Wildman–Crippen LogP) is 0.978. The van der Waals surface area contributed by atoms with E-state index >= 15 is 0 Å². The second kappa shape index (κ2) is 4.91. The Kier molecular flexibility index (Phi) is 3.83. The molecule has 0 aliphatic heterocycles. The van der Waals surface area contributed by atoms with Crippen molar-refractivity contribution in [1.82, 2.24) is 9.78 Å². The number of aryl methyl sites for hydroxylation is 1. The number of nitrogens with zero attached hydrogens (tertiary/aromatic N) is 2. The van der Waals surface area contributed by atoms with Crippen molar-refractivity contribution >= 4 is 5.78 Å². The first-order valence-corrected chi connectivity index (χ1v) is 4.90. The van der Waals surface area contributed by atoms with Crippen LogP contribution in [0.25, 0.3) is 0 Å². The summed E-state index contributed by atoms with van der Waals surface area (Å²) in [4.78, 5) is 11.7. The molecule has 0 saturated carbocycles. The van der Waals surface area contributed by atoms with E-state index in [0.717, 1.165) is 6.42 Å². The molecule has 78 valence electrons. The minimum Gasteiger partial charge on any atom is -0.330 e. The first-order chi connectivity index (χ1) is 6.69. The standard InChI is InChI=1S/C10H17N3O/c1-3-8(7-11)6-10(14)9-4-5-12-13(9)2/h4-5,8H,3,6-7,11H2,1-2H3. The molecule has 0 saturated heterocycles. The Bertz CT molecular complexity index is 302. The normalized spacial score (nSPS) is 12.8. The van der Waals surface area contributed by atoms with Crippen LogP contribution in [0.3, 0.4) is 0 Å². The first-order valence-electron chi connectivity index (χ1n) is 4.90. The highest BCUT2D eigenvalue weighted by Crippen LogP contribution is 2.11. The molecule has 1 unspecified atom stereocenters. The number of nitrogens with two attached hydrogens (primary N) is 1. The lowest BCUT2D eigenvalue weighted by Crippen LogP contribution is -2.19. The van der Waals surface area contributed by atoms with Gasteiger partial charge in [0.15, 0.2) is 5.78 Å². The summed E-state index contributed by atoms with van der Waals surface area (Å²) in [7, 11) is 1.77. The van der Waals surface area contributed by atoms with Gasteiger partial charge in [-0.2, -0.15) is 5.10 Å². The molecule has 1 rings (SSSR count). The van der Waals surface area contributed by atoms with Gasteiger partial charge in [0.2, 0.25) is 0 Å². The molecule has 4 nitrogen and oxygen atoms in total. The second-order valence-electron chi connectivity index (χ2n) is 3.48. The molecule has 1 atom stereocenters. The Morgan fingerprint density at radius 3 is 2.86 bits per heavy atom. The third kappa shape index (κ3) is 2.42. The number of aromatic nitrogens is 2. The molecule has 0 spiro atoms. The molecule has 0 radical (unpaired) electrons. The molecule has 0 bridgehead atoms. The van der Waals surface area contributed by atoms with Crippen molar-refractivity contribution in [3.63, 3.8) is 0 Å². The molecule has 0 aliphatic carbocycles. The summed E-state index contributed by atoms with van der Waals surface area (Å²) < 4.78 is 1.60. The molecule has 4 heteroatoms. The van der Waals surface area contributed by atoms with E-state index in [1.54, 1.807) is 24.0 Å². The summed E-state index contributed by atoms with van der Waals surface area (Å²) >= 11 is 0. The molecular weight excluding hydrogens is 178 g/mol. The van der Waals surface area contributed by atoms with Crippen LogP contribution in [-0.4, -0.2) is 22.1 Å². The average molecular weight is 195 g/mol. The van der Waals surface area contributed by atoms with Crippen LogP contribution >= 0.6 is 0 Å². The van der Waals surface area contributed by atoms with E-state index in [-0.39, 0.29) is 11.7 Å². The third-order valence-corrected chi connectivity index (χ3v) is 2.49. The molecule has 1 aromatic heterocycles. The van der Waals surface area contributed by atoms with Gasteiger partial charge >= 0.3 is 0 Å². The van der Waals surface area contributed by atoms with E-state index in [0.29, 0.717) is 18.7 Å². The SMILES string of the molecule is CCC(CN)CC(=O)c1ccnn1C. The van der Waals surface area contributed by atoms with Gasteiger partial charge in [-0.1, -0.05) is 13.3 Å². The largest absolute Gasteiger partial charge is 0.330 e. The van der Waals surface area contributed by atoms with Crippen molar-refractivity contribution in [2.45, 2.75) is 19.8 Å². The lowest BCUT2D eigenvalue weighted by Gasteiger charge is -2.10. The highest BCUT2D eigenvalue weighted by Gasteiger charge is 2.14. The quantitative estimate of drug-likeness (QED) is 0.712. The third-order valence-electron chi connectivity index (χ3n) is 2.49. The number of carbonyl (C=O) groups is 1. The number of ketones is 1. The number of carbonyl (C=O) groups excluding carboxylic acids is 1. The van der Waals surface area contributed by atoms with Gasteiger partial charge in [-0.3, -0.25) is 9.48 Å². The molecule has 0 aliphatic rings. The summed E-state index contributed by atoms with van der Waals surface area (Å²) in [6.07, 6.45) is 3.10. The lowest BCUT2D eigenvalue weighted by molar-refractivity contribution is 0.0952. The summed E-state index contributed by atoms with van der Waals surface area (Å²) in [6.45, 7) is 2.62. The monoisotopic (exact) mass is 195 g/mol. The van der Waals surface area contributed by atoms with Crippen LogP contribution in [0, 0.1) is 5.92 Å². The van der Waals surface area contributed by atoms with Crippen LogP contribution in [0.2, 0.25) is 0 Å². The van der Waals surface area contributed by atoms with Gasteiger partial charge in [0.05, 0.1) is 0 Å². The second-order valence-corrected chi connectivity index (χ2v) is 3.48. The van der Waals surface area contributed by atoms with E-state index in [4.69, 9.17) is 5.73 Å². The summed E-state index contributed by atoms with van der Waals surface area (Å²) in [5.74, 6) is 0.416. The molecular formula is C10H17N3O. The van der Waals surface area contributed by atoms with E-state index in [1.165, 1.54) is 0 Å². The van der Waals surface area contributed by atoms with Gasteiger partial charge in [-0.15, -0.1) is 0 Å².